The molecule has 20 heavy (non-hydrogen) atoms. The highest BCUT2D eigenvalue weighted by atomic mass is 32.2. The molecule has 0 aliphatic carbocycles. The van der Waals surface area contributed by atoms with Gasteiger partial charge in [-0.1, -0.05) is 0 Å². The maximum absolute atomic E-state index is 12.6. The van der Waals surface area contributed by atoms with Crippen molar-refractivity contribution in [1.29, 1.82) is 0 Å². The molecule has 3 aliphatic heterocycles. The molecule has 2 N–H and O–H groups in total. The molecule has 0 spiro atoms. The number of nitrogens with one attached hydrogen (secondary N) is 2. The fourth-order valence-corrected chi connectivity index (χ4v) is 6.12. The Morgan fingerprint density at radius 1 is 1.30 bits per heavy atom. The highest BCUT2D eigenvalue weighted by molar-refractivity contribution is 8.00. The van der Waals surface area contributed by atoms with Crippen molar-refractivity contribution in [2.45, 2.75) is 55.5 Å². The van der Waals surface area contributed by atoms with E-state index in [2.05, 4.69) is 22.1 Å². The summed E-state index contributed by atoms with van der Waals surface area (Å²) in [5.41, 5.74) is 1.26. The van der Waals surface area contributed by atoms with E-state index in [0.717, 1.165) is 25.0 Å². The van der Waals surface area contributed by atoms with Crippen molar-refractivity contribution in [2.75, 3.05) is 5.75 Å². The van der Waals surface area contributed by atoms with Crippen molar-refractivity contribution in [3.8, 4) is 0 Å². The molecule has 2 saturated heterocycles. The molecule has 2 bridgehead atoms. The van der Waals surface area contributed by atoms with Crippen molar-refractivity contribution in [1.82, 2.24) is 10.6 Å². The summed E-state index contributed by atoms with van der Waals surface area (Å²) in [6.07, 6.45) is 5.90. The fraction of sp³-hybridized carbons (Fsp3) is 0.667. The number of hydrogen-bond donors (Lipinski definition) is 2. The third kappa shape index (κ3) is 2.40. The third-order valence-corrected chi connectivity index (χ3v) is 6.97. The number of fused-ring (bicyclic) bond motifs is 3. The van der Waals surface area contributed by atoms with Gasteiger partial charge in [0.1, 0.15) is 5.25 Å². The van der Waals surface area contributed by atoms with Gasteiger partial charge in [0.15, 0.2) is 0 Å². The number of thiophene rings is 1. The lowest BCUT2D eigenvalue weighted by Crippen LogP contribution is -2.48. The molecule has 1 amide bonds. The van der Waals surface area contributed by atoms with Crippen LogP contribution in [0.1, 0.15) is 41.4 Å². The van der Waals surface area contributed by atoms with Crippen LogP contribution in [0.15, 0.2) is 11.4 Å². The number of piperidine rings is 1. The maximum Gasteiger partial charge on any atom is 0.237 e. The van der Waals surface area contributed by atoms with Crippen LogP contribution in [0, 0.1) is 0 Å². The van der Waals surface area contributed by atoms with Crippen LogP contribution in [0.2, 0.25) is 0 Å². The Morgan fingerprint density at radius 2 is 2.10 bits per heavy atom. The lowest BCUT2D eigenvalue weighted by atomic mass is 9.99. The van der Waals surface area contributed by atoms with Crippen LogP contribution in [-0.4, -0.2) is 29.8 Å². The Labute approximate surface area is 127 Å². The molecule has 3 atom stereocenters. The van der Waals surface area contributed by atoms with Crippen molar-refractivity contribution < 1.29 is 4.79 Å². The Balaban J connectivity index is 1.44. The summed E-state index contributed by atoms with van der Waals surface area (Å²) >= 11 is 3.60. The smallest absolute Gasteiger partial charge is 0.237 e. The number of amides is 1. The van der Waals surface area contributed by atoms with Gasteiger partial charge in [0.25, 0.3) is 0 Å². The maximum atomic E-state index is 12.6. The number of carbonyl (C=O) groups is 1. The normalized spacial score (nSPS) is 35.6. The zero-order valence-corrected chi connectivity index (χ0v) is 13.1. The van der Waals surface area contributed by atoms with Gasteiger partial charge in [-0.25, -0.2) is 0 Å². The molecule has 2 fully saturated rings. The summed E-state index contributed by atoms with van der Waals surface area (Å²) in [6.45, 7) is 0. The van der Waals surface area contributed by atoms with E-state index in [0.29, 0.717) is 18.1 Å². The Morgan fingerprint density at radius 3 is 2.90 bits per heavy atom. The zero-order valence-electron chi connectivity index (χ0n) is 11.4. The number of hydrogen-bond acceptors (Lipinski definition) is 4. The van der Waals surface area contributed by atoms with E-state index in [1.165, 1.54) is 23.3 Å². The van der Waals surface area contributed by atoms with E-state index in [9.17, 15) is 4.79 Å². The van der Waals surface area contributed by atoms with Crippen molar-refractivity contribution in [3.05, 3.63) is 21.9 Å². The molecule has 3 nitrogen and oxygen atoms in total. The Kier molecular flexibility index (Phi) is 3.52. The summed E-state index contributed by atoms with van der Waals surface area (Å²) < 4.78 is 0. The molecule has 5 heteroatoms. The highest BCUT2D eigenvalue weighted by Gasteiger charge is 2.36. The summed E-state index contributed by atoms with van der Waals surface area (Å²) in [4.78, 5) is 14.0. The average molecular weight is 308 g/mol. The van der Waals surface area contributed by atoms with Gasteiger partial charge in [-0.2, -0.15) is 0 Å². The van der Waals surface area contributed by atoms with Gasteiger partial charge in [-0.05, 0) is 54.9 Å². The van der Waals surface area contributed by atoms with Crippen LogP contribution in [0.5, 0.6) is 0 Å². The van der Waals surface area contributed by atoms with E-state index in [1.807, 2.05) is 0 Å². The first-order valence-corrected chi connectivity index (χ1v) is 9.47. The predicted molar refractivity (Wildman–Crippen MR) is 84.3 cm³/mol. The van der Waals surface area contributed by atoms with Crippen LogP contribution >= 0.6 is 23.1 Å². The summed E-state index contributed by atoms with van der Waals surface area (Å²) in [7, 11) is 0. The Bertz CT molecular complexity index is 504. The van der Waals surface area contributed by atoms with E-state index in [4.69, 9.17) is 0 Å². The standard InChI is InChI=1S/C15H20N2OS2/c18-15(14-12-3-5-19-13(12)4-6-20-14)17-11-7-9-1-2-10(8-11)16-9/h3,5,9-11,14,16H,1-2,4,6-8H2,(H,17,18). The molecular weight excluding hydrogens is 288 g/mol. The van der Waals surface area contributed by atoms with Crippen LogP contribution in [0.4, 0.5) is 0 Å². The highest BCUT2D eigenvalue weighted by Crippen LogP contribution is 2.39. The Hall–Kier alpha value is -0.520. The molecule has 0 saturated carbocycles. The van der Waals surface area contributed by atoms with Crippen LogP contribution in [0.25, 0.3) is 0 Å². The van der Waals surface area contributed by atoms with E-state index >= 15 is 0 Å². The number of carbonyl (C=O) groups excluding carboxylic acids is 1. The van der Waals surface area contributed by atoms with Gasteiger partial charge in [0.05, 0.1) is 0 Å². The largest absolute Gasteiger partial charge is 0.352 e. The molecule has 108 valence electrons. The van der Waals surface area contributed by atoms with Crippen LogP contribution in [0.3, 0.4) is 0 Å². The number of thioether (sulfide) groups is 1. The zero-order chi connectivity index (χ0) is 13.5. The molecule has 3 unspecified atom stereocenters. The first-order valence-electron chi connectivity index (χ1n) is 7.54. The minimum atomic E-state index is 0.0255. The van der Waals surface area contributed by atoms with Gasteiger partial charge in [-0.15, -0.1) is 23.1 Å². The second-order valence-electron chi connectivity index (χ2n) is 6.11. The second-order valence-corrected chi connectivity index (χ2v) is 8.33. The molecular formula is C15H20N2OS2. The number of aryl methyl sites for hydroxylation is 1. The second kappa shape index (κ2) is 5.35. The van der Waals surface area contributed by atoms with Gasteiger partial charge in [0, 0.05) is 23.0 Å². The van der Waals surface area contributed by atoms with E-state index in [-0.39, 0.29) is 11.2 Å². The first kappa shape index (κ1) is 13.2. The monoisotopic (exact) mass is 308 g/mol. The molecule has 3 aliphatic rings. The van der Waals surface area contributed by atoms with Crippen molar-refractivity contribution in [3.63, 3.8) is 0 Å². The molecule has 0 radical (unpaired) electrons. The summed E-state index contributed by atoms with van der Waals surface area (Å²) in [5.74, 6) is 1.31. The van der Waals surface area contributed by atoms with E-state index < -0.39 is 0 Å². The van der Waals surface area contributed by atoms with Crippen LogP contribution in [-0.2, 0) is 11.2 Å². The van der Waals surface area contributed by atoms with Crippen molar-refractivity contribution in [2.24, 2.45) is 0 Å². The first-order chi connectivity index (χ1) is 9.79. The number of rotatable bonds is 2. The summed E-state index contributed by atoms with van der Waals surface area (Å²) in [6, 6.07) is 3.79. The topological polar surface area (TPSA) is 41.1 Å². The SMILES string of the molecule is O=C(NC1CC2CCC(C1)N2)C1SCCc2sccc21. The predicted octanol–water partition coefficient (Wildman–Crippen LogP) is 2.48. The van der Waals surface area contributed by atoms with Gasteiger partial charge in [0.2, 0.25) is 5.91 Å². The minimum absolute atomic E-state index is 0.0255. The molecule has 1 aromatic heterocycles. The van der Waals surface area contributed by atoms with Crippen molar-refractivity contribution >= 4 is 29.0 Å². The van der Waals surface area contributed by atoms with Gasteiger partial charge < -0.3 is 10.6 Å². The molecule has 4 rings (SSSR count). The minimum Gasteiger partial charge on any atom is -0.352 e. The lowest BCUT2D eigenvalue weighted by Gasteiger charge is -2.31. The van der Waals surface area contributed by atoms with Crippen LogP contribution < -0.4 is 10.6 Å². The molecule has 4 heterocycles. The fourth-order valence-electron chi connectivity index (χ4n) is 3.82. The van der Waals surface area contributed by atoms with Gasteiger partial charge in [-0.3, -0.25) is 4.79 Å². The third-order valence-electron chi connectivity index (χ3n) is 4.73. The molecule has 0 aromatic carbocycles. The van der Waals surface area contributed by atoms with Gasteiger partial charge >= 0.3 is 0 Å². The molecule has 1 aromatic rings. The summed E-state index contributed by atoms with van der Waals surface area (Å²) in [5, 5.41) is 9.11. The van der Waals surface area contributed by atoms with E-state index in [1.54, 1.807) is 23.1 Å². The lowest BCUT2D eigenvalue weighted by molar-refractivity contribution is -0.121. The average Bonchev–Trinajstić information content (AvgIpc) is 3.04. The quantitative estimate of drug-likeness (QED) is 0.882.